The average molecular weight is 466 g/mol. The maximum atomic E-state index is 12.3. The van der Waals surface area contributed by atoms with E-state index >= 15 is 0 Å². The van der Waals surface area contributed by atoms with Crippen molar-refractivity contribution < 1.29 is 22.7 Å². The van der Waals surface area contributed by atoms with E-state index in [1.807, 2.05) is 24.3 Å². The number of carbonyl (C=O) groups excluding carboxylic acids is 1. The van der Waals surface area contributed by atoms with Crippen molar-refractivity contribution in [1.29, 1.82) is 0 Å². The lowest BCUT2D eigenvalue weighted by atomic mass is 9.95. The molecule has 31 heavy (non-hydrogen) atoms. The van der Waals surface area contributed by atoms with Crippen molar-refractivity contribution in [1.82, 2.24) is 15.3 Å². The summed E-state index contributed by atoms with van der Waals surface area (Å²) in [6.07, 6.45) is 5.82. The molecule has 0 unspecified atom stereocenters. The third kappa shape index (κ3) is 6.75. The number of halogens is 1. The third-order valence-electron chi connectivity index (χ3n) is 4.67. The van der Waals surface area contributed by atoms with Gasteiger partial charge < -0.3 is 14.8 Å². The fourth-order valence-corrected chi connectivity index (χ4v) is 3.90. The van der Waals surface area contributed by atoms with Crippen LogP contribution < -0.4 is 10.1 Å². The maximum Gasteiger partial charge on any atom is 0.289 e. The topological polar surface area (TPSA) is 107 Å². The van der Waals surface area contributed by atoms with Crippen molar-refractivity contribution in [3.63, 3.8) is 0 Å². The van der Waals surface area contributed by atoms with Crippen molar-refractivity contribution in [3.8, 4) is 5.75 Å². The van der Waals surface area contributed by atoms with Crippen LogP contribution in [0, 0.1) is 5.92 Å². The van der Waals surface area contributed by atoms with Crippen LogP contribution in [-0.2, 0) is 14.6 Å². The Kier molecular flexibility index (Phi) is 7.64. The zero-order valence-electron chi connectivity index (χ0n) is 17.2. The molecule has 3 rings (SSSR count). The first-order valence-corrected chi connectivity index (χ1v) is 12.1. The minimum absolute atomic E-state index is 0.0505. The smallest absolute Gasteiger partial charge is 0.289 e. The van der Waals surface area contributed by atoms with Crippen LogP contribution >= 0.6 is 11.6 Å². The zero-order chi connectivity index (χ0) is 22.4. The SMILES string of the molecule is C[C@H](/C=C/S(C)(=O)=O)NC(=O)c1ncc(O[C@H](c2ccccc2Cl)[C@H]2CCOC2)cn1. The van der Waals surface area contributed by atoms with Crippen LogP contribution in [0.4, 0.5) is 0 Å². The van der Waals surface area contributed by atoms with Crippen molar-refractivity contribution >= 4 is 27.3 Å². The van der Waals surface area contributed by atoms with E-state index in [9.17, 15) is 13.2 Å². The van der Waals surface area contributed by atoms with Crippen LogP contribution in [0.5, 0.6) is 5.75 Å². The zero-order valence-corrected chi connectivity index (χ0v) is 18.8. The standard InChI is InChI=1S/C21H24ClN3O5S/c1-14(8-10-31(2,27)28)25-21(26)20-23-11-16(12-24-20)30-19(15-7-9-29-13-15)17-5-3-4-6-18(17)22/h3-6,8,10-12,14-15,19H,7,9,13H2,1-2H3,(H,25,26)/b10-8+/t14-,15+,19+/m1/s1. The molecule has 10 heteroatoms. The van der Waals surface area contributed by atoms with Gasteiger partial charge in [-0.1, -0.05) is 35.9 Å². The van der Waals surface area contributed by atoms with E-state index in [1.54, 1.807) is 6.92 Å². The van der Waals surface area contributed by atoms with Crippen molar-refractivity contribution in [2.45, 2.75) is 25.5 Å². The van der Waals surface area contributed by atoms with E-state index in [0.29, 0.717) is 24.0 Å². The lowest BCUT2D eigenvalue weighted by Crippen LogP contribution is -2.32. The molecule has 2 heterocycles. The van der Waals surface area contributed by atoms with Crippen LogP contribution in [0.1, 0.15) is 35.6 Å². The lowest BCUT2D eigenvalue weighted by Gasteiger charge is -2.25. The molecule has 166 valence electrons. The quantitative estimate of drug-likeness (QED) is 0.638. The molecule has 1 aliphatic rings. The second-order valence-electron chi connectivity index (χ2n) is 7.35. The Labute approximate surface area is 186 Å². The molecule has 1 aromatic carbocycles. The molecule has 1 saturated heterocycles. The van der Waals surface area contributed by atoms with Crippen LogP contribution in [0.2, 0.25) is 5.02 Å². The number of nitrogens with zero attached hydrogens (tertiary/aromatic N) is 2. The van der Waals surface area contributed by atoms with Gasteiger partial charge in [-0.25, -0.2) is 18.4 Å². The molecule has 0 spiro atoms. The first kappa shape index (κ1) is 23.2. The first-order chi connectivity index (χ1) is 14.7. The molecule has 0 radical (unpaired) electrons. The molecule has 1 aliphatic heterocycles. The summed E-state index contributed by atoms with van der Waals surface area (Å²) in [4.78, 5) is 20.5. The van der Waals surface area contributed by atoms with Gasteiger partial charge in [0.05, 0.1) is 19.0 Å². The highest BCUT2D eigenvalue weighted by atomic mass is 35.5. The predicted octanol–water partition coefficient (Wildman–Crippen LogP) is 2.96. The van der Waals surface area contributed by atoms with Gasteiger partial charge in [-0.3, -0.25) is 4.79 Å². The first-order valence-electron chi connectivity index (χ1n) is 9.73. The number of aromatic nitrogens is 2. The summed E-state index contributed by atoms with van der Waals surface area (Å²) in [5.41, 5.74) is 0.855. The number of hydrogen-bond donors (Lipinski definition) is 1. The van der Waals surface area contributed by atoms with Crippen molar-refractivity contribution in [2.75, 3.05) is 19.5 Å². The van der Waals surface area contributed by atoms with Crippen LogP contribution in [0.15, 0.2) is 48.1 Å². The molecule has 1 amide bonds. The molecule has 0 saturated carbocycles. The number of rotatable bonds is 8. The number of hydrogen-bond acceptors (Lipinski definition) is 7. The monoisotopic (exact) mass is 465 g/mol. The Morgan fingerprint density at radius 1 is 1.32 bits per heavy atom. The summed E-state index contributed by atoms with van der Waals surface area (Å²) in [6.45, 7) is 2.88. The van der Waals surface area contributed by atoms with Gasteiger partial charge in [0.1, 0.15) is 6.10 Å². The third-order valence-corrected chi connectivity index (χ3v) is 5.67. The second-order valence-corrected chi connectivity index (χ2v) is 9.68. The number of benzene rings is 1. The maximum absolute atomic E-state index is 12.3. The molecule has 8 nitrogen and oxygen atoms in total. The molecule has 1 N–H and O–H groups in total. The Hall–Kier alpha value is -2.49. The van der Waals surface area contributed by atoms with E-state index in [1.165, 1.54) is 18.5 Å². The Morgan fingerprint density at radius 2 is 2.03 bits per heavy atom. The summed E-state index contributed by atoms with van der Waals surface area (Å²) < 4.78 is 34.0. The molecule has 0 aliphatic carbocycles. The van der Waals surface area contributed by atoms with E-state index in [0.717, 1.165) is 23.6 Å². The van der Waals surface area contributed by atoms with Gasteiger partial charge >= 0.3 is 0 Å². The summed E-state index contributed by atoms with van der Waals surface area (Å²) in [5.74, 6) is -0.0433. The van der Waals surface area contributed by atoms with Gasteiger partial charge in [0.15, 0.2) is 15.6 Å². The number of amides is 1. The summed E-state index contributed by atoms with van der Waals surface area (Å²) in [5, 5.41) is 4.26. The Bertz CT molecular complexity index is 1040. The van der Waals surface area contributed by atoms with Crippen molar-refractivity contribution in [3.05, 3.63) is 64.6 Å². The molecular weight excluding hydrogens is 442 g/mol. The summed E-state index contributed by atoms with van der Waals surface area (Å²) >= 11 is 6.38. The summed E-state index contributed by atoms with van der Waals surface area (Å²) in [7, 11) is -3.27. The van der Waals surface area contributed by atoms with Crippen molar-refractivity contribution in [2.24, 2.45) is 5.92 Å². The lowest BCUT2D eigenvalue weighted by molar-refractivity contribution is 0.0935. The second kappa shape index (κ2) is 10.2. The van der Waals surface area contributed by atoms with Gasteiger partial charge in [0, 0.05) is 40.8 Å². The summed E-state index contributed by atoms with van der Waals surface area (Å²) in [6, 6.07) is 6.98. The van der Waals surface area contributed by atoms with Crippen LogP contribution in [-0.4, -0.2) is 49.8 Å². The largest absolute Gasteiger partial charge is 0.482 e. The molecular formula is C21H24ClN3O5S. The highest BCUT2D eigenvalue weighted by molar-refractivity contribution is 7.93. The van der Waals surface area contributed by atoms with Crippen LogP contribution in [0.3, 0.4) is 0 Å². The fraction of sp³-hybridized carbons (Fsp3) is 0.381. The van der Waals surface area contributed by atoms with Gasteiger partial charge in [0.25, 0.3) is 5.91 Å². The van der Waals surface area contributed by atoms with Gasteiger partial charge in [0.2, 0.25) is 5.82 Å². The average Bonchev–Trinajstić information content (AvgIpc) is 3.26. The molecule has 0 bridgehead atoms. The van der Waals surface area contributed by atoms with E-state index in [2.05, 4.69) is 15.3 Å². The normalized spacial score (nSPS) is 18.6. The Morgan fingerprint density at radius 3 is 2.65 bits per heavy atom. The Balaban J connectivity index is 1.70. The van der Waals surface area contributed by atoms with E-state index in [4.69, 9.17) is 21.1 Å². The van der Waals surface area contributed by atoms with Gasteiger partial charge in [-0.15, -0.1) is 0 Å². The minimum atomic E-state index is -3.27. The molecule has 2 aromatic rings. The van der Waals surface area contributed by atoms with Crippen LogP contribution in [0.25, 0.3) is 0 Å². The number of sulfone groups is 1. The highest BCUT2D eigenvalue weighted by Gasteiger charge is 2.30. The van der Waals surface area contributed by atoms with Gasteiger partial charge in [-0.05, 0) is 19.4 Å². The molecule has 1 fully saturated rings. The van der Waals surface area contributed by atoms with E-state index in [-0.39, 0.29) is 17.8 Å². The molecule has 3 atom stereocenters. The predicted molar refractivity (Wildman–Crippen MR) is 117 cm³/mol. The number of carbonyl (C=O) groups is 1. The minimum Gasteiger partial charge on any atom is -0.482 e. The highest BCUT2D eigenvalue weighted by Crippen LogP contribution is 2.36. The van der Waals surface area contributed by atoms with E-state index < -0.39 is 21.8 Å². The number of nitrogens with one attached hydrogen (secondary N) is 1. The van der Waals surface area contributed by atoms with Gasteiger partial charge in [-0.2, -0.15) is 0 Å². The number of ether oxygens (including phenoxy) is 2. The molecule has 1 aromatic heterocycles. The fourth-order valence-electron chi connectivity index (χ4n) is 3.13.